The molecular weight excluding hydrogens is 324 g/mol. The van der Waals surface area contributed by atoms with Gasteiger partial charge in [-0.3, -0.25) is 0 Å². The molecule has 0 aromatic carbocycles. The van der Waals surface area contributed by atoms with Crippen molar-refractivity contribution in [2.75, 3.05) is 32.9 Å². The molecule has 2 N–H and O–H groups in total. The summed E-state index contributed by atoms with van der Waals surface area (Å²) in [5.74, 6) is 0.726. The molecule has 0 saturated heterocycles. The maximum Gasteiger partial charge on any atom is 0.500 e. The monoisotopic (exact) mass is 362 g/mol. The highest BCUT2D eigenvalue weighted by Gasteiger charge is 2.39. The van der Waals surface area contributed by atoms with E-state index in [0.29, 0.717) is 26.4 Å². The topological polar surface area (TPSA) is 68.8 Å². The van der Waals surface area contributed by atoms with Crippen LogP contribution < -0.4 is 10.6 Å². The fraction of sp³-hybridized carbons (Fsp3) is 0.941. The molecule has 1 atom stereocenters. The zero-order chi connectivity index (χ0) is 18.3. The van der Waals surface area contributed by atoms with Gasteiger partial charge in [-0.1, -0.05) is 20.3 Å². The smallest absolute Gasteiger partial charge is 0.374 e. The van der Waals surface area contributed by atoms with Gasteiger partial charge in [0.05, 0.1) is 0 Å². The molecule has 1 unspecified atom stereocenters. The molecule has 7 heteroatoms. The Morgan fingerprint density at radius 3 is 1.88 bits per heavy atom. The molecule has 0 fully saturated rings. The van der Waals surface area contributed by atoms with E-state index in [0.717, 1.165) is 37.8 Å². The zero-order valence-corrected chi connectivity index (χ0v) is 17.3. The Labute approximate surface area is 149 Å². The van der Waals surface area contributed by atoms with Crippen LogP contribution >= 0.6 is 0 Å². The third kappa shape index (κ3) is 11.0. The highest BCUT2D eigenvalue weighted by atomic mass is 28.4. The van der Waals surface area contributed by atoms with Crippen molar-refractivity contribution in [1.29, 1.82) is 0 Å². The molecule has 0 bridgehead atoms. The van der Waals surface area contributed by atoms with Gasteiger partial charge in [-0.15, -0.1) is 0 Å². The minimum absolute atomic E-state index is 0.101. The Balaban J connectivity index is 3.95. The number of nitrogens with one attached hydrogen (secondary N) is 2. The Morgan fingerprint density at radius 2 is 1.42 bits per heavy atom. The first-order chi connectivity index (χ1) is 11.5. The minimum Gasteiger partial charge on any atom is -0.374 e. The van der Waals surface area contributed by atoms with Crippen molar-refractivity contribution < 1.29 is 18.1 Å². The molecule has 0 saturated carbocycles. The third-order valence-corrected chi connectivity index (χ3v) is 7.05. The number of rotatable bonds is 15. The normalized spacial score (nSPS) is 12.9. The summed E-state index contributed by atoms with van der Waals surface area (Å²) in [6.45, 7) is 13.3. The first-order valence-corrected chi connectivity index (χ1v) is 11.4. The highest BCUT2D eigenvalue weighted by Crippen LogP contribution is 2.17. The maximum absolute atomic E-state index is 11.8. The van der Waals surface area contributed by atoms with E-state index in [1.807, 2.05) is 20.8 Å². The molecule has 0 heterocycles. The molecular formula is C17H38N2O4Si. The summed E-state index contributed by atoms with van der Waals surface area (Å²) in [6.07, 6.45) is 4.16. The predicted octanol–water partition coefficient (Wildman–Crippen LogP) is 3.55. The van der Waals surface area contributed by atoms with Crippen LogP contribution in [0.15, 0.2) is 0 Å². The summed E-state index contributed by atoms with van der Waals surface area (Å²) in [6, 6.07) is 0.618. The summed E-state index contributed by atoms with van der Waals surface area (Å²) in [7, 11) is -2.59. The van der Waals surface area contributed by atoms with Crippen molar-refractivity contribution in [1.82, 2.24) is 10.6 Å². The quantitative estimate of drug-likeness (QED) is 0.345. The Hall–Kier alpha value is -0.633. The Kier molecular flexibility index (Phi) is 14.3. The van der Waals surface area contributed by atoms with Crippen molar-refractivity contribution in [3.05, 3.63) is 0 Å². The number of hydrogen-bond donors (Lipinski definition) is 2. The lowest BCUT2D eigenvalue weighted by Gasteiger charge is -2.28. The zero-order valence-electron chi connectivity index (χ0n) is 16.3. The first kappa shape index (κ1) is 23.4. The Bertz CT molecular complexity index is 302. The van der Waals surface area contributed by atoms with Gasteiger partial charge < -0.3 is 23.9 Å². The number of carbonyl (C=O) groups is 1. The van der Waals surface area contributed by atoms with E-state index in [9.17, 15) is 4.79 Å². The SMILES string of the molecule is CCO[Si](CCCNC(=O)NCCCC(C)CC)(OCC)OCC. The van der Waals surface area contributed by atoms with Crippen LogP contribution in [0.1, 0.15) is 60.3 Å². The van der Waals surface area contributed by atoms with E-state index in [-0.39, 0.29) is 6.03 Å². The first-order valence-electron chi connectivity index (χ1n) is 9.47. The summed E-state index contributed by atoms with van der Waals surface area (Å²) in [5.41, 5.74) is 0. The van der Waals surface area contributed by atoms with Crippen LogP contribution in [0.2, 0.25) is 6.04 Å². The number of urea groups is 1. The van der Waals surface area contributed by atoms with Gasteiger partial charge in [0.1, 0.15) is 0 Å². The van der Waals surface area contributed by atoms with Crippen molar-refractivity contribution in [3.63, 3.8) is 0 Å². The molecule has 6 nitrogen and oxygen atoms in total. The third-order valence-electron chi connectivity index (χ3n) is 3.89. The second-order valence-electron chi connectivity index (χ2n) is 5.92. The van der Waals surface area contributed by atoms with E-state index in [4.69, 9.17) is 13.3 Å². The van der Waals surface area contributed by atoms with Crippen LogP contribution in [0.25, 0.3) is 0 Å². The van der Waals surface area contributed by atoms with Crippen LogP contribution in [0, 0.1) is 5.92 Å². The lowest BCUT2D eigenvalue weighted by molar-refractivity contribution is 0.0708. The molecule has 24 heavy (non-hydrogen) atoms. The highest BCUT2D eigenvalue weighted by molar-refractivity contribution is 6.60. The average molecular weight is 363 g/mol. The lowest BCUT2D eigenvalue weighted by atomic mass is 10.0. The molecule has 0 aliphatic rings. The summed E-state index contributed by atoms with van der Waals surface area (Å²) >= 11 is 0. The van der Waals surface area contributed by atoms with E-state index in [1.54, 1.807) is 0 Å². The van der Waals surface area contributed by atoms with Gasteiger partial charge in [-0.2, -0.15) is 0 Å². The van der Waals surface area contributed by atoms with E-state index in [1.165, 1.54) is 6.42 Å². The van der Waals surface area contributed by atoms with E-state index < -0.39 is 8.80 Å². The second-order valence-corrected chi connectivity index (χ2v) is 8.66. The molecule has 0 aromatic heterocycles. The van der Waals surface area contributed by atoms with Crippen molar-refractivity contribution in [2.24, 2.45) is 5.92 Å². The summed E-state index contributed by atoms with van der Waals surface area (Å²) in [4.78, 5) is 11.8. The van der Waals surface area contributed by atoms with Gasteiger partial charge >= 0.3 is 14.8 Å². The van der Waals surface area contributed by atoms with Crippen LogP contribution in [-0.4, -0.2) is 47.7 Å². The lowest BCUT2D eigenvalue weighted by Crippen LogP contribution is -2.46. The van der Waals surface area contributed by atoms with Gasteiger partial charge in [0, 0.05) is 39.0 Å². The molecule has 0 aliphatic carbocycles. The second kappa shape index (κ2) is 14.7. The van der Waals surface area contributed by atoms with Gasteiger partial charge in [0.25, 0.3) is 0 Å². The molecule has 0 spiro atoms. The molecule has 2 amide bonds. The molecule has 0 radical (unpaired) electrons. The van der Waals surface area contributed by atoms with Crippen LogP contribution in [0.4, 0.5) is 4.79 Å². The molecule has 0 rings (SSSR count). The average Bonchev–Trinajstić information content (AvgIpc) is 2.56. The number of amides is 2. The molecule has 144 valence electrons. The maximum atomic E-state index is 11.8. The van der Waals surface area contributed by atoms with Crippen LogP contribution in [-0.2, 0) is 13.3 Å². The van der Waals surface area contributed by atoms with E-state index >= 15 is 0 Å². The van der Waals surface area contributed by atoms with Crippen molar-refractivity contribution in [2.45, 2.75) is 66.3 Å². The van der Waals surface area contributed by atoms with Crippen LogP contribution in [0.5, 0.6) is 0 Å². The van der Waals surface area contributed by atoms with Gasteiger partial charge in [0.2, 0.25) is 0 Å². The van der Waals surface area contributed by atoms with Crippen LogP contribution in [0.3, 0.4) is 0 Å². The molecule has 0 aromatic rings. The Morgan fingerprint density at radius 1 is 0.917 bits per heavy atom. The van der Waals surface area contributed by atoms with E-state index in [2.05, 4.69) is 24.5 Å². The minimum atomic E-state index is -2.59. The van der Waals surface area contributed by atoms with Crippen molar-refractivity contribution >= 4 is 14.8 Å². The predicted molar refractivity (Wildman–Crippen MR) is 100 cm³/mol. The van der Waals surface area contributed by atoms with Gasteiger partial charge in [-0.25, -0.2) is 4.79 Å². The van der Waals surface area contributed by atoms with Gasteiger partial charge in [0.15, 0.2) is 0 Å². The number of carbonyl (C=O) groups excluding carboxylic acids is 1. The fourth-order valence-electron chi connectivity index (χ4n) is 2.43. The summed E-state index contributed by atoms with van der Waals surface area (Å²) in [5, 5.41) is 5.79. The number of hydrogen-bond acceptors (Lipinski definition) is 4. The van der Waals surface area contributed by atoms with Gasteiger partial charge in [-0.05, 0) is 46.0 Å². The molecule has 0 aliphatic heterocycles. The van der Waals surface area contributed by atoms with Crippen molar-refractivity contribution in [3.8, 4) is 0 Å². The summed E-state index contributed by atoms with van der Waals surface area (Å²) < 4.78 is 17.4. The standard InChI is InChI=1S/C17H38N2O4Si/c1-6-16(5)12-10-13-18-17(20)19-14-11-15-24(21-7-2,22-8-3)23-9-4/h16H,6-15H2,1-5H3,(H2,18,19,20). The fourth-order valence-corrected chi connectivity index (χ4v) is 5.04. The largest absolute Gasteiger partial charge is 0.500 e.